The first-order valence-corrected chi connectivity index (χ1v) is 5.08. The van der Waals surface area contributed by atoms with Crippen LogP contribution < -0.4 is 5.73 Å². The van der Waals surface area contributed by atoms with Crippen LogP contribution in [-0.2, 0) is 12.8 Å². The Morgan fingerprint density at radius 3 is 3.00 bits per heavy atom. The molecule has 70 valence electrons. The highest BCUT2D eigenvalue weighted by molar-refractivity contribution is 6.32. The maximum absolute atomic E-state index is 6.22. The van der Waals surface area contributed by atoms with E-state index in [4.69, 9.17) is 17.3 Å². The van der Waals surface area contributed by atoms with Gasteiger partial charge in [0.2, 0.25) is 0 Å². The van der Waals surface area contributed by atoms with Crippen LogP contribution in [0.4, 0.5) is 0 Å². The molecule has 0 spiro atoms. The minimum atomic E-state index is 0.325. The Bertz CT molecular complexity index is 333. The van der Waals surface area contributed by atoms with E-state index in [0.29, 0.717) is 6.04 Å². The van der Waals surface area contributed by atoms with Crippen molar-refractivity contribution >= 4 is 11.6 Å². The van der Waals surface area contributed by atoms with Gasteiger partial charge >= 0.3 is 0 Å². The SMILES string of the molecule is Cc1ccc2c(c1Cl)CC[C@H](N)C2. The van der Waals surface area contributed by atoms with Crippen molar-refractivity contribution in [2.45, 2.75) is 32.2 Å². The first-order valence-electron chi connectivity index (χ1n) is 4.71. The van der Waals surface area contributed by atoms with Gasteiger partial charge in [-0.15, -0.1) is 0 Å². The van der Waals surface area contributed by atoms with E-state index < -0.39 is 0 Å². The lowest BCUT2D eigenvalue weighted by atomic mass is 9.88. The van der Waals surface area contributed by atoms with E-state index in [1.807, 2.05) is 0 Å². The molecule has 2 N–H and O–H groups in total. The molecule has 1 nitrogen and oxygen atoms in total. The zero-order valence-electron chi connectivity index (χ0n) is 7.81. The summed E-state index contributed by atoms with van der Waals surface area (Å²) in [6.45, 7) is 2.05. The lowest BCUT2D eigenvalue weighted by Gasteiger charge is -2.22. The summed E-state index contributed by atoms with van der Waals surface area (Å²) >= 11 is 6.22. The molecule has 2 rings (SSSR count). The van der Waals surface area contributed by atoms with Crippen molar-refractivity contribution in [1.29, 1.82) is 0 Å². The van der Waals surface area contributed by atoms with E-state index in [2.05, 4.69) is 19.1 Å². The fraction of sp³-hybridized carbons (Fsp3) is 0.455. The minimum Gasteiger partial charge on any atom is -0.327 e. The van der Waals surface area contributed by atoms with E-state index in [0.717, 1.165) is 24.3 Å². The van der Waals surface area contributed by atoms with Crippen LogP contribution in [-0.4, -0.2) is 6.04 Å². The molecule has 1 aromatic rings. The second-order valence-corrected chi connectivity index (χ2v) is 4.21. The number of halogens is 1. The van der Waals surface area contributed by atoms with E-state index in [9.17, 15) is 0 Å². The van der Waals surface area contributed by atoms with Crippen LogP contribution in [0.1, 0.15) is 23.1 Å². The molecule has 0 unspecified atom stereocenters. The fourth-order valence-electron chi connectivity index (χ4n) is 1.95. The van der Waals surface area contributed by atoms with Gasteiger partial charge in [-0.05, 0) is 42.9 Å². The Kier molecular flexibility index (Phi) is 2.31. The zero-order valence-corrected chi connectivity index (χ0v) is 8.56. The summed E-state index contributed by atoms with van der Waals surface area (Å²) in [6, 6.07) is 4.57. The third kappa shape index (κ3) is 1.59. The highest BCUT2D eigenvalue weighted by Gasteiger charge is 2.18. The first-order chi connectivity index (χ1) is 6.18. The van der Waals surface area contributed by atoms with Crippen molar-refractivity contribution in [2.24, 2.45) is 5.73 Å². The van der Waals surface area contributed by atoms with Crippen molar-refractivity contribution in [3.05, 3.63) is 33.8 Å². The van der Waals surface area contributed by atoms with Crippen molar-refractivity contribution in [2.75, 3.05) is 0 Å². The third-order valence-corrected chi connectivity index (χ3v) is 3.31. The molecule has 0 saturated carbocycles. The smallest absolute Gasteiger partial charge is 0.0469 e. The highest BCUT2D eigenvalue weighted by Crippen LogP contribution is 2.29. The van der Waals surface area contributed by atoms with Gasteiger partial charge in [-0.3, -0.25) is 0 Å². The van der Waals surface area contributed by atoms with Crippen LogP contribution in [0.2, 0.25) is 5.02 Å². The standard InChI is InChI=1S/C11H14ClN/c1-7-2-3-8-6-9(13)4-5-10(8)11(7)12/h2-3,9H,4-6,13H2,1H3/t9-/m0/s1. The number of hydrogen-bond donors (Lipinski definition) is 1. The quantitative estimate of drug-likeness (QED) is 0.676. The Morgan fingerprint density at radius 2 is 2.23 bits per heavy atom. The van der Waals surface area contributed by atoms with E-state index in [-0.39, 0.29) is 0 Å². The van der Waals surface area contributed by atoms with Gasteiger partial charge in [0.1, 0.15) is 0 Å². The third-order valence-electron chi connectivity index (χ3n) is 2.78. The summed E-state index contributed by atoms with van der Waals surface area (Å²) in [4.78, 5) is 0. The molecule has 1 aliphatic rings. The van der Waals surface area contributed by atoms with Crippen molar-refractivity contribution in [1.82, 2.24) is 0 Å². The van der Waals surface area contributed by atoms with Crippen LogP contribution in [0.25, 0.3) is 0 Å². The normalized spacial score (nSPS) is 21.3. The molecular formula is C11H14ClN. The monoisotopic (exact) mass is 195 g/mol. The van der Waals surface area contributed by atoms with E-state index in [1.165, 1.54) is 16.7 Å². The number of nitrogens with two attached hydrogens (primary N) is 1. The Hall–Kier alpha value is -0.530. The molecule has 0 fully saturated rings. The molecule has 0 heterocycles. The second-order valence-electron chi connectivity index (χ2n) is 3.84. The molecule has 1 aromatic carbocycles. The van der Waals surface area contributed by atoms with Crippen LogP contribution in [0.5, 0.6) is 0 Å². The van der Waals surface area contributed by atoms with Gasteiger partial charge in [-0.1, -0.05) is 23.7 Å². The lowest BCUT2D eigenvalue weighted by Crippen LogP contribution is -2.28. The molecule has 1 aliphatic carbocycles. The lowest BCUT2D eigenvalue weighted by molar-refractivity contribution is 0.576. The summed E-state index contributed by atoms with van der Waals surface area (Å²) in [5, 5.41) is 0.949. The Balaban J connectivity index is 2.47. The summed E-state index contributed by atoms with van der Waals surface area (Å²) < 4.78 is 0. The topological polar surface area (TPSA) is 26.0 Å². The second kappa shape index (κ2) is 3.32. The van der Waals surface area contributed by atoms with E-state index >= 15 is 0 Å². The molecule has 0 saturated heterocycles. The summed E-state index contributed by atoms with van der Waals surface area (Å²) in [5.41, 5.74) is 9.74. The molecular weight excluding hydrogens is 182 g/mol. The van der Waals surface area contributed by atoms with Gasteiger partial charge in [0.15, 0.2) is 0 Å². The largest absolute Gasteiger partial charge is 0.327 e. The van der Waals surface area contributed by atoms with Gasteiger partial charge in [0.05, 0.1) is 0 Å². The van der Waals surface area contributed by atoms with Gasteiger partial charge in [-0.2, -0.15) is 0 Å². The molecule has 0 amide bonds. The average Bonchev–Trinajstić information content (AvgIpc) is 2.12. The Morgan fingerprint density at radius 1 is 1.46 bits per heavy atom. The number of benzene rings is 1. The summed E-state index contributed by atoms with van der Waals surface area (Å²) in [7, 11) is 0. The molecule has 1 atom stereocenters. The van der Waals surface area contributed by atoms with Gasteiger partial charge in [0.25, 0.3) is 0 Å². The Labute approximate surface area is 83.9 Å². The van der Waals surface area contributed by atoms with Gasteiger partial charge in [-0.25, -0.2) is 0 Å². The zero-order chi connectivity index (χ0) is 9.42. The molecule has 0 aliphatic heterocycles. The van der Waals surface area contributed by atoms with E-state index in [1.54, 1.807) is 0 Å². The maximum Gasteiger partial charge on any atom is 0.0469 e. The van der Waals surface area contributed by atoms with Crippen molar-refractivity contribution in [3.63, 3.8) is 0 Å². The molecule has 0 aromatic heterocycles. The highest BCUT2D eigenvalue weighted by atomic mass is 35.5. The average molecular weight is 196 g/mol. The van der Waals surface area contributed by atoms with Gasteiger partial charge in [0, 0.05) is 11.1 Å². The molecule has 0 bridgehead atoms. The number of rotatable bonds is 0. The summed E-state index contributed by atoms with van der Waals surface area (Å²) in [5.74, 6) is 0. The first kappa shape index (κ1) is 9.04. The van der Waals surface area contributed by atoms with Crippen LogP contribution in [0.3, 0.4) is 0 Å². The van der Waals surface area contributed by atoms with Crippen molar-refractivity contribution in [3.8, 4) is 0 Å². The number of hydrogen-bond acceptors (Lipinski definition) is 1. The number of fused-ring (bicyclic) bond motifs is 1. The summed E-state index contributed by atoms with van der Waals surface area (Å²) in [6.07, 6.45) is 3.09. The fourth-order valence-corrected chi connectivity index (χ4v) is 2.23. The predicted octanol–water partition coefficient (Wildman–Crippen LogP) is 2.46. The van der Waals surface area contributed by atoms with Crippen LogP contribution >= 0.6 is 11.6 Å². The minimum absolute atomic E-state index is 0.325. The maximum atomic E-state index is 6.22. The predicted molar refractivity (Wildman–Crippen MR) is 56.2 cm³/mol. The van der Waals surface area contributed by atoms with Crippen LogP contribution in [0, 0.1) is 6.92 Å². The van der Waals surface area contributed by atoms with Crippen LogP contribution in [0.15, 0.2) is 12.1 Å². The molecule has 2 heteroatoms. The number of aryl methyl sites for hydroxylation is 1. The van der Waals surface area contributed by atoms with Gasteiger partial charge < -0.3 is 5.73 Å². The molecule has 0 radical (unpaired) electrons. The van der Waals surface area contributed by atoms with Crippen molar-refractivity contribution < 1.29 is 0 Å². The molecule has 13 heavy (non-hydrogen) atoms.